The lowest BCUT2D eigenvalue weighted by molar-refractivity contribution is 0.131. The van der Waals surface area contributed by atoms with Gasteiger partial charge in [-0.1, -0.05) is 6.92 Å². The molecule has 5 nitrogen and oxygen atoms in total. The molecule has 0 aliphatic heterocycles. The first-order valence-corrected chi connectivity index (χ1v) is 8.73. The second-order valence-corrected chi connectivity index (χ2v) is 7.71. The molecular weight excluding hydrogens is 264 g/mol. The molecule has 1 fully saturated rings. The van der Waals surface area contributed by atoms with Crippen molar-refractivity contribution in [3.8, 4) is 0 Å². The monoisotopic (exact) mass is 292 g/mol. The zero-order valence-electron chi connectivity index (χ0n) is 12.4. The average molecular weight is 292 g/mol. The number of ether oxygens (including phenoxy) is 1. The molecule has 6 heteroatoms. The summed E-state index contributed by atoms with van der Waals surface area (Å²) in [7, 11) is -1.62. The van der Waals surface area contributed by atoms with E-state index in [1.165, 1.54) is 4.31 Å². The molecule has 0 atom stereocenters. The zero-order valence-corrected chi connectivity index (χ0v) is 13.2. The molecule has 2 N–H and O–H groups in total. The number of rotatable bonds is 7. The van der Waals surface area contributed by atoms with Crippen LogP contribution < -0.4 is 5.73 Å². The second kappa shape index (κ2) is 7.02. The topological polar surface area (TPSA) is 72.6 Å². The highest BCUT2D eigenvalue weighted by molar-refractivity contribution is 7.89. The summed E-state index contributed by atoms with van der Waals surface area (Å²) in [6, 6.07) is 0. The van der Waals surface area contributed by atoms with Gasteiger partial charge in [-0.25, -0.2) is 8.42 Å². The van der Waals surface area contributed by atoms with E-state index in [4.69, 9.17) is 10.5 Å². The van der Waals surface area contributed by atoms with E-state index in [1.54, 1.807) is 7.05 Å². The van der Waals surface area contributed by atoms with Gasteiger partial charge >= 0.3 is 0 Å². The average Bonchev–Trinajstić information content (AvgIpc) is 2.39. The van der Waals surface area contributed by atoms with Crippen molar-refractivity contribution in [2.45, 2.75) is 45.1 Å². The predicted molar refractivity (Wildman–Crippen MR) is 77.5 cm³/mol. The number of hydrogen-bond acceptors (Lipinski definition) is 4. The second-order valence-electron chi connectivity index (χ2n) is 5.59. The van der Waals surface area contributed by atoms with E-state index in [9.17, 15) is 8.42 Å². The normalized spacial score (nSPS) is 28.8. The van der Waals surface area contributed by atoms with Gasteiger partial charge in [0.1, 0.15) is 0 Å². The smallest absolute Gasteiger partial charge is 0.216 e. The number of hydrogen-bond donors (Lipinski definition) is 1. The molecule has 0 aromatic heterocycles. The Morgan fingerprint density at radius 2 is 1.95 bits per heavy atom. The van der Waals surface area contributed by atoms with Crippen LogP contribution in [0.2, 0.25) is 0 Å². The molecule has 0 heterocycles. The van der Waals surface area contributed by atoms with Crippen molar-refractivity contribution in [2.75, 3.05) is 32.6 Å². The van der Waals surface area contributed by atoms with Crippen LogP contribution in [0.5, 0.6) is 0 Å². The van der Waals surface area contributed by atoms with Crippen molar-refractivity contribution in [3.05, 3.63) is 0 Å². The molecule has 0 aromatic carbocycles. The van der Waals surface area contributed by atoms with Gasteiger partial charge < -0.3 is 10.5 Å². The van der Waals surface area contributed by atoms with Crippen molar-refractivity contribution in [1.29, 1.82) is 0 Å². The Hall–Kier alpha value is -0.170. The molecular formula is C13H28N2O3S. The maximum absolute atomic E-state index is 12.3. The third kappa shape index (κ3) is 4.15. The van der Waals surface area contributed by atoms with E-state index >= 15 is 0 Å². The highest BCUT2D eigenvalue weighted by atomic mass is 32.2. The molecule has 0 spiro atoms. The standard InChI is InChI=1S/C13H28N2O3S/c1-4-18-9-10-19(16,17)15(3)13(11-14)7-5-12(2)6-8-13/h12H,4-11,14H2,1-3H3. The van der Waals surface area contributed by atoms with Gasteiger partial charge in [-0.3, -0.25) is 0 Å². The highest BCUT2D eigenvalue weighted by Gasteiger charge is 2.41. The van der Waals surface area contributed by atoms with Crippen LogP contribution in [0.25, 0.3) is 0 Å². The third-order valence-corrected chi connectivity index (χ3v) is 6.26. The SMILES string of the molecule is CCOCCS(=O)(=O)N(C)C1(CN)CCC(C)CC1. The molecule has 0 amide bonds. The maximum Gasteiger partial charge on any atom is 0.216 e. The molecule has 0 bridgehead atoms. The Labute approximate surface area is 117 Å². The summed E-state index contributed by atoms with van der Waals surface area (Å²) in [5.41, 5.74) is 5.51. The Morgan fingerprint density at radius 3 is 2.42 bits per heavy atom. The first-order chi connectivity index (χ1) is 8.88. The van der Waals surface area contributed by atoms with Crippen molar-refractivity contribution < 1.29 is 13.2 Å². The fourth-order valence-corrected chi connectivity index (χ4v) is 4.14. The molecule has 0 aromatic rings. The first-order valence-electron chi connectivity index (χ1n) is 7.12. The van der Waals surface area contributed by atoms with E-state index in [-0.39, 0.29) is 12.4 Å². The summed E-state index contributed by atoms with van der Waals surface area (Å²) in [6.45, 7) is 5.26. The zero-order chi connectivity index (χ0) is 14.5. The molecule has 114 valence electrons. The quantitative estimate of drug-likeness (QED) is 0.715. The third-order valence-electron chi connectivity index (χ3n) is 4.36. The minimum atomic E-state index is -3.29. The summed E-state index contributed by atoms with van der Waals surface area (Å²) >= 11 is 0. The molecule has 0 unspecified atom stereocenters. The fourth-order valence-electron chi connectivity index (χ4n) is 2.69. The van der Waals surface area contributed by atoms with Crippen LogP contribution in [-0.4, -0.2) is 50.8 Å². The Bertz CT molecular complexity index is 362. The van der Waals surface area contributed by atoms with Crippen LogP contribution in [-0.2, 0) is 14.8 Å². The predicted octanol–water partition coefficient (Wildman–Crippen LogP) is 1.19. The number of likely N-dealkylation sites (N-methyl/N-ethyl adjacent to an activating group) is 1. The highest BCUT2D eigenvalue weighted by Crippen LogP contribution is 2.36. The van der Waals surface area contributed by atoms with Gasteiger partial charge in [-0.2, -0.15) is 4.31 Å². The summed E-state index contributed by atoms with van der Waals surface area (Å²) < 4.78 is 31.4. The van der Waals surface area contributed by atoms with Gasteiger partial charge in [0.05, 0.1) is 12.4 Å². The number of sulfonamides is 1. The Balaban J connectivity index is 2.74. The van der Waals surface area contributed by atoms with Crippen LogP contribution in [0.3, 0.4) is 0 Å². The molecule has 1 aliphatic carbocycles. The van der Waals surface area contributed by atoms with Crippen LogP contribution in [0.15, 0.2) is 0 Å². The molecule has 1 aliphatic rings. The van der Waals surface area contributed by atoms with Crippen molar-refractivity contribution in [1.82, 2.24) is 4.31 Å². The van der Waals surface area contributed by atoms with E-state index in [0.717, 1.165) is 25.7 Å². The van der Waals surface area contributed by atoms with Gasteiger partial charge in [0.2, 0.25) is 10.0 Å². The van der Waals surface area contributed by atoms with Crippen molar-refractivity contribution in [2.24, 2.45) is 11.7 Å². The fraction of sp³-hybridized carbons (Fsp3) is 1.00. The minimum absolute atomic E-state index is 0.0364. The molecule has 0 radical (unpaired) electrons. The minimum Gasteiger partial charge on any atom is -0.381 e. The van der Waals surface area contributed by atoms with E-state index < -0.39 is 15.6 Å². The maximum atomic E-state index is 12.3. The van der Waals surface area contributed by atoms with Gasteiger partial charge in [-0.15, -0.1) is 0 Å². The van der Waals surface area contributed by atoms with E-state index in [0.29, 0.717) is 19.1 Å². The summed E-state index contributed by atoms with van der Waals surface area (Å²) in [4.78, 5) is 0. The lowest BCUT2D eigenvalue weighted by atomic mass is 9.77. The lowest BCUT2D eigenvalue weighted by Crippen LogP contribution is -2.56. The molecule has 0 saturated heterocycles. The van der Waals surface area contributed by atoms with Gasteiger partial charge in [-0.05, 0) is 38.5 Å². The lowest BCUT2D eigenvalue weighted by Gasteiger charge is -2.44. The van der Waals surface area contributed by atoms with E-state index in [1.807, 2.05) is 6.92 Å². The van der Waals surface area contributed by atoms with Crippen LogP contribution >= 0.6 is 0 Å². The Morgan fingerprint density at radius 1 is 1.37 bits per heavy atom. The largest absolute Gasteiger partial charge is 0.381 e. The van der Waals surface area contributed by atoms with Gasteiger partial charge in [0, 0.05) is 25.7 Å². The van der Waals surface area contributed by atoms with Crippen molar-refractivity contribution in [3.63, 3.8) is 0 Å². The van der Waals surface area contributed by atoms with Gasteiger partial charge in [0.15, 0.2) is 0 Å². The number of nitrogens with zero attached hydrogens (tertiary/aromatic N) is 1. The summed E-state index contributed by atoms with van der Waals surface area (Å²) in [5.74, 6) is 0.702. The first kappa shape index (κ1) is 16.9. The Kier molecular flexibility index (Phi) is 6.23. The molecule has 1 saturated carbocycles. The summed E-state index contributed by atoms with van der Waals surface area (Å²) in [5, 5.41) is 0. The van der Waals surface area contributed by atoms with Gasteiger partial charge in [0.25, 0.3) is 0 Å². The number of nitrogens with two attached hydrogens (primary N) is 1. The summed E-state index contributed by atoms with van der Waals surface area (Å²) in [6.07, 6.45) is 3.80. The van der Waals surface area contributed by atoms with Crippen LogP contribution in [0.1, 0.15) is 39.5 Å². The van der Waals surface area contributed by atoms with Crippen LogP contribution in [0, 0.1) is 5.92 Å². The molecule has 1 rings (SSSR count). The molecule has 19 heavy (non-hydrogen) atoms. The van der Waals surface area contributed by atoms with E-state index in [2.05, 4.69) is 6.92 Å². The van der Waals surface area contributed by atoms with Crippen LogP contribution in [0.4, 0.5) is 0 Å². The van der Waals surface area contributed by atoms with Crippen molar-refractivity contribution >= 4 is 10.0 Å².